The Morgan fingerprint density at radius 1 is 1.11 bits per heavy atom. The number of rotatable bonds is 17. The van der Waals surface area contributed by atoms with Crippen LogP contribution in [0.15, 0.2) is 17.5 Å². The van der Waals surface area contributed by atoms with Crippen molar-refractivity contribution in [3.05, 3.63) is 18.2 Å². The van der Waals surface area contributed by atoms with E-state index in [4.69, 9.17) is 17.2 Å². The van der Waals surface area contributed by atoms with Gasteiger partial charge in [0.1, 0.15) is 18.1 Å². The second kappa shape index (κ2) is 16.6. The number of hydrogen-bond donors (Lipinski definition) is 9. The molecule has 1 heterocycles. The van der Waals surface area contributed by atoms with Gasteiger partial charge in [0.15, 0.2) is 5.96 Å². The maximum absolute atomic E-state index is 13.0. The molecule has 4 unspecified atom stereocenters. The van der Waals surface area contributed by atoms with Gasteiger partial charge in [0, 0.05) is 30.6 Å². The fourth-order valence-electron chi connectivity index (χ4n) is 2.98. The first-order valence-corrected chi connectivity index (χ1v) is 13.1. The third-order valence-corrected chi connectivity index (χ3v) is 5.97. The maximum atomic E-state index is 13.0. The molecule has 4 atom stereocenters. The van der Waals surface area contributed by atoms with Crippen LogP contribution in [0.3, 0.4) is 0 Å². The first-order chi connectivity index (χ1) is 17.1. The average molecular weight is 546 g/mol. The molecule has 0 saturated heterocycles. The van der Waals surface area contributed by atoms with Crippen molar-refractivity contribution in [3.63, 3.8) is 0 Å². The van der Waals surface area contributed by atoms with Crippen LogP contribution in [0.5, 0.6) is 0 Å². The molecule has 1 aromatic rings. The molecular weight excluding hydrogens is 510 g/mol. The molecule has 11 N–H and O–H groups in total. The van der Waals surface area contributed by atoms with Crippen molar-refractivity contribution in [2.24, 2.45) is 22.2 Å². The van der Waals surface area contributed by atoms with Gasteiger partial charge in [0.25, 0.3) is 0 Å². The molecule has 0 radical (unpaired) electrons. The number of amides is 3. The molecule has 202 valence electrons. The lowest BCUT2D eigenvalue weighted by molar-refractivity contribution is -0.142. The van der Waals surface area contributed by atoms with Crippen LogP contribution in [0.2, 0.25) is 0 Å². The van der Waals surface area contributed by atoms with Crippen molar-refractivity contribution in [1.29, 1.82) is 0 Å². The Morgan fingerprint density at radius 2 is 1.75 bits per heavy atom. The number of imidazole rings is 1. The minimum Gasteiger partial charge on any atom is -0.480 e. The summed E-state index contributed by atoms with van der Waals surface area (Å²) in [7, 11) is 0. The van der Waals surface area contributed by atoms with Gasteiger partial charge in [-0.3, -0.25) is 19.4 Å². The third-order valence-electron chi connectivity index (χ3n) is 4.96. The zero-order valence-electron chi connectivity index (χ0n) is 20.0. The average Bonchev–Trinajstić information content (AvgIpc) is 3.34. The van der Waals surface area contributed by atoms with Crippen LogP contribution in [-0.2, 0) is 25.6 Å². The van der Waals surface area contributed by atoms with Crippen LogP contribution < -0.4 is 33.2 Å². The van der Waals surface area contributed by atoms with Crippen molar-refractivity contribution in [2.45, 2.75) is 49.9 Å². The Bertz CT molecular complexity index is 881. The molecule has 36 heavy (non-hydrogen) atoms. The maximum Gasteiger partial charge on any atom is 0.326 e. The number of carboxylic acids is 1. The molecule has 0 spiro atoms. The van der Waals surface area contributed by atoms with Gasteiger partial charge < -0.3 is 43.2 Å². The van der Waals surface area contributed by atoms with Crippen molar-refractivity contribution < 1.29 is 24.3 Å². The highest BCUT2D eigenvalue weighted by Gasteiger charge is 2.29. The number of thioether (sulfide) groups is 1. The number of nitrogens with zero attached hydrogens (tertiary/aromatic N) is 2. The highest BCUT2D eigenvalue weighted by molar-refractivity contribution is 7.98. The Morgan fingerprint density at radius 3 is 2.31 bits per heavy atom. The summed E-state index contributed by atoms with van der Waals surface area (Å²) in [6.07, 6.45) is 5.63. The van der Waals surface area contributed by atoms with E-state index >= 15 is 0 Å². The van der Waals surface area contributed by atoms with Gasteiger partial charge in [0.2, 0.25) is 17.7 Å². The predicted molar refractivity (Wildman–Crippen MR) is 140 cm³/mol. The van der Waals surface area contributed by atoms with E-state index in [2.05, 4.69) is 43.5 Å². The van der Waals surface area contributed by atoms with E-state index in [0.717, 1.165) is 0 Å². The smallest absolute Gasteiger partial charge is 0.326 e. The number of aliphatic carboxylic acids is 1. The predicted octanol–water partition coefficient (Wildman–Crippen LogP) is -2.44. The first-order valence-electron chi connectivity index (χ1n) is 11.1. The molecule has 14 nitrogen and oxygen atoms in total. The van der Waals surface area contributed by atoms with Gasteiger partial charge in [0.05, 0.1) is 12.4 Å². The first kappa shape index (κ1) is 31.1. The second-order valence-electron chi connectivity index (χ2n) is 7.82. The highest BCUT2D eigenvalue weighted by Crippen LogP contribution is 2.05. The van der Waals surface area contributed by atoms with Crippen LogP contribution in [0.1, 0.15) is 25.0 Å². The fourth-order valence-corrected chi connectivity index (χ4v) is 3.73. The number of guanidine groups is 1. The molecule has 3 amide bonds. The highest BCUT2D eigenvalue weighted by atomic mass is 32.2. The zero-order valence-corrected chi connectivity index (χ0v) is 21.7. The Kier molecular flexibility index (Phi) is 14.4. The van der Waals surface area contributed by atoms with Crippen LogP contribution in [0.4, 0.5) is 0 Å². The van der Waals surface area contributed by atoms with E-state index in [1.54, 1.807) is 0 Å². The van der Waals surface area contributed by atoms with E-state index in [1.165, 1.54) is 24.3 Å². The second-order valence-corrected chi connectivity index (χ2v) is 9.17. The number of carbonyl (C=O) groups excluding carboxylic acids is 3. The molecular formula is C20H35N9O5S2. The Hall–Kier alpha value is -2.98. The van der Waals surface area contributed by atoms with E-state index in [-0.39, 0.29) is 31.1 Å². The standard InChI is InChI=1S/C20H35N9O5S2/c1-36-6-4-12(21)16(30)27-13(3-2-5-25-20(22)23)17(31)29-15(9-35)18(32)28-14(19(33)34)7-11-8-24-10-26-11/h8,10,12-15,35H,2-7,9,21H2,1H3,(H,24,26)(H,27,30)(H,28,32)(H,29,31)(H,33,34)(H4,22,23,25). The number of H-pyrrole nitrogens is 1. The van der Waals surface area contributed by atoms with Gasteiger partial charge >= 0.3 is 5.97 Å². The number of aromatic amines is 1. The molecule has 16 heteroatoms. The zero-order chi connectivity index (χ0) is 27.1. The molecule has 0 saturated carbocycles. The van der Waals surface area contributed by atoms with Gasteiger partial charge in [-0.25, -0.2) is 9.78 Å². The molecule has 0 fully saturated rings. The van der Waals surface area contributed by atoms with Gasteiger partial charge in [-0.15, -0.1) is 0 Å². The van der Waals surface area contributed by atoms with Crippen LogP contribution in [-0.4, -0.2) is 93.2 Å². The number of hydrogen-bond acceptors (Lipinski definition) is 9. The molecule has 0 aliphatic rings. The normalized spacial score (nSPS) is 14.1. The summed E-state index contributed by atoms with van der Waals surface area (Å²) in [5.74, 6) is -2.71. The molecule has 1 aromatic heterocycles. The molecule has 0 aromatic carbocycles. The summed E-state index contributed by atoms with van der Waals surface area (Å²) >= 11 is 5.65. The monoisotopic (exact) mass is 545 g/mol. The summed E-state index contributed by atoms with van der Waals surface area (Å²) < 4.78 is 0. The molecule has 0 aliphatic carbocycles. The van der Waals surface area contributed by atoms with Crippen molar-refractivity contribution in [3.8, 4) is 0 Å². The summed E-state index contributed by atoms with van der Waals surface area (Å²) in [6, 6.07) is -4.26. The lowest BCUT2D eigenvalue weighted by atomic mass is 10.1. The molecule has 0 aliphatic heterocycles. The fraction of sp³-hybridized carbons (Fsp3) is 0.600. The minimum absolute atomic E-state index is 0.0360. The summed E-state index contributed by atoms with van der Waals surface area (Å²) in [5.41, 5.74) is 17.1. The summed E-state index contributed by atoms with van der Waals surface area (Å²) in [4.78, 5) is 60.3. The van der Waals surface area contributed by atoms with Crippen molar-refractivity contribution >= 4 is 54.0 Å². The van der Waals surface area contributed by atoms with Gasteiger partial charge in [-0.05, 0) is 31.3 Å². The SMILES string of the molecule is CSCCC(N)C(=O)NC(CCCN=C(N)N)C(=O)NC(CS)C(=O)NC(Cc1cnc[nH]1)C(=O)O. The van der Waals surface area contributed by atoms with Gasteiger partial charge in [-0.1, -0.05) is 0 Å². The van der Waals surface area contributed by atoms with Crippen molar-refractivity contribution in [1.82, 2.24) is 25.9 Å². The number of thiol groups is 1. The largest absolute Gasteiger partial charge is 0.480 e. The van der Waals surface area contributed by atoms with E-state index < -0.39 is 47.9 Å². The number of aromatic nitrogens is 2. The lowest BCUT2D eigenvalue weighted by Gasteiger charge is -2.24. The van der Waals surface area contributed by atoms with E-state index in [0.29, 0.717) is 24.3 Å². The van der Waals surface area contributed by atoms with Gasteiger partial charge in [-0.2, -0.15) is 24.4 Å². The van der Waals surface area contributed by atoms with Crippen LogP contribution >= 0.6 is 24.4 Å². The topological polar surface area (TPSA) is 244 Å². The summed E-state index contributed by atoms with van der Waals surface area (Å²) in [5, 5.41) is 17.0. The van der Waals surface area contributed by atoms with Crippen molar-refractivity contribution in [2.75, 3.05) is 24.3 Å². The number of nitrogens with one attached hydrogen (secondary N) is 4. The molecule has 0 bridgehead atoms. The quantitative estimate of drug-likeness (QED) is 0.0433. The Balaban J connectivity index is 2.86. The molecule has 1 rings (SSSR count). The number of carboxylic acid groups (broad SMARTS) is 1. The Labute approximate surface area is 218 Å². The van der Waals surface area contributed by atoms with Crippen LogP contribution in [0.25, 0.3) is 0 Å². The third kappa shape index (κ3) is 11.6. The number of nitrogens with two attached hydrogens (primary N) is 3. The van der Waals surface area contributed by atoms with Crippen LogP contribution in [0, 0.1) is 0 Å². The minimum atomic E-state index is -1.26. The lowest BCUT2D eigenvalue weighted by Crippen LogP contribution is -2.57. The summed E-state index contributed by atoms with van der Waals surface area (Å²) in [6.45, 7) is 0.227. The van der Waals surface area contributed by atoms with E-state index in [9.17, 15) is 24.3 Å². The number of aliphatic imine (C=N–C) groups is 1. The van der Waals surface area contributed by atoms with E-state index in [1.807, 2.05) is 6.26 Å². The number of carbonyl (C=O) groups is 4.